The van der Waals surface area contributed by atoms with Crippen molar-refractivity contribution in [2.45, 2.75) is 39.0 Å². The molecule has 1 fully saturated rings. The van der Waals surface area contributed by atoms with Crippen LogP contribution in [0.15, 0.2) is 48.1 Å². The highest BCUT2D eigenvalue weighted by molar-refractivity contribution is 6.03. The monoisotopic (exact) mass is 298 g/mol. The lowest BCUT2D eigenvalue weighted by molar-refractivity contribution is -0.154. The molecule has 1 saturated carbocycles. The zero-order valence-electron chi connectivity index (χ0n) is 13.0. The molecule has 2 rings (SSSR count). The Labute approximate surface area is 131 Å². The minimum atomic E-state index is -0.653. The largest absolute Gasteiger partial charge is 0.386 e. The topological polar surface area (TPSA) is 43.4 Å². The first-order valence-electron chi connectivity index (χ1n) is 7.76. The van der Waals surface area contributed by atoms with E-state index in [2.05, 4.69) is 6.58 Å². The summed E-state index contributed by atoms with van der Waals surface area (Å²) in [6.45, 7) is 5.06. The zero-order chi connectivity index (χ0) is 15.9. The Morgan fingerprint density at radius 3 is 2.32 bits per heavy atom. The molecule has 0 aliphatic heterocycles. The number of rotatable bonds is 4. The first-order chi connectivity index (χ1) is 10.6. The van der Waals surface area contributed by atoms with Crippen LogP contribution in [0.25, 0.3) is 6.08 Å². The normalized spacial score (nSPS) is 16.1. The third-order valence-corrected chi connectivity index (χ3v) is 3.94. The van der Waals surface area contributed by atoms with Crippen molar-refractivity contribution in [1.29, 1.82) is 0 Å². The van der Waals surface area contributed by atoms with Crippen LogP contribution >= 0.6 is 0 Å². The highest BCUT2D eigenvalue weighted by atomic mass is 16.6. The molecule has 116 valence electrons. The summed E-state index contributed by atoms with van der Waals surface area (Å²) in [6.07, 6.45) is 7.21. The lowest BCUT2D eigenvalue weighted by Crippen LogP contribution is -2.21. The van der Waals surface area contributed by atoms with Crippen molar-refractivity contribution >= 4 is 18.0 Å². The van der Waals surface area contributed by atoms with Crippen LogP contribution < -0.4 is 0 Å². The molecule has 1 aromatic rings. The van der Waals surface area contributed by atoms with Crippen LogP contribution in [-0.4, -0.2) is 11.9 Å². The van der Waals surface area contributed by atoms with E-state index in [4.69, 9.17) is 4.74 Å². The summed E-state index contributed by atoms with van der Waals surface area (Å²) in [4.78, 5) is 24.0. The van der Waals surface area contributed by atoms with E-state index in [0.29, 0.717) is 5.57 Å². The second-order valence-electron chi connectivity index (χ2n) is 5.80. The summed E-state index contributed by atoms with van der Waals surface area (Å²) in [5, 5.41) is 0. The fourth-order valence-electron chi connectivity index (χ4n) is 2.72. The van der Waals surface area contributed by atoms with Crippen molar-refractivity contribution < 1.29 is 14.3 Å². The van der Waals surface area contributed by atoms with Crippen LogP contribution in [0.1, 0.15) is 44.6 Å². The van der Waals surface area contributed by atoms with Crippen molar-refractivity contribution in [3.63, 3.8) is 0 Å². The Bertz CT molecular complexity index is 578. The second-order valence-corrected chi connectivity index (χ2v) is 5.80. The summed E-state index contributed by atoms with van der Waals surface area (Å²) in [5.41, 5.74) is 1.78. The van der Waals surface area contributed by atoms with Gasteiger partial charge in [0.05, 0.1) is 0 Å². The number of ether oxygens (including phenoxy) is 1. The predicted molar refractivity (Wildman–Crippen MR) is 86.9 cm³/mol. The summed E-state index contributed by atoms with van der Waals surface area (Å²) in [7, 11) is 0. The van der Waals surface area contributed by atoms with E-state index in [0.717, 1.165) is 31.2 Å². The molecule has 0 radical (unpaired) electrons. The molecule has 1 aliphatic carbocycles. The van der Waals surface area contributed by atoms with E-state index in [1.807, 2.05) is 36.4 Å². The average Bonchev–Trinajstić information content (AvgIpc) is 2.54. The summed E-state index contributed by atoms with van der Waals surface area (Å²) >= 11 is 0. The SMILES string of the molecule is C=C(C)C(=O)OC(=O)C(=Cc1ccccc1)C1CCCCC1. The van der Waals surface area contributed by atoms with Gasteiger partial charge in [0.25, 0.3) is 0 Å². The fraction of sp³-hybridized carbons (Fsp3) is 0.368. The predicted octanol–water partition coefficient (Wildman–Crippen LogP) is 4.30. The quantitative estimate of drug-likeness (QED) is 0.473. The molecular formula is C19H22O3. The second kappa shape index (κ2) is 7.74. The van der Waals surface area contributed by atoms with Gasteiger partial charge in [0.1, 0.15) is 0 Å². The summed E-state index contributed by atoms with van der Waals surface area (Å²) in [6, 6.07) is 9.66. The molecule has 0 atom stereocenters. The van der Waals surface area contributed by atoms with Crippen LogP contribution in [0.2, 0.25) is 0 Å². The van der Waals surface area contributed by atoms with Crippen LogP contribution in [0, 0.1) is 5.92 Å². The lowest BCUT2D eigenvalue weighted by atomic mass is 9.83. The molecule has 22 heavy (non-hydrogen) atoms. The molecule has 1 aliphatic rings. The number of carbonyl (C=O) groups is 2. The average molecular weight is 298 g/mol. The van der Waals surface area contributed by atoms with Crippen molar-refractivity contribution in [2.75, 3.05) is 0 Å². The Hall–Kier alpha value is -2.16. The number of esters is 2. The van der Waals surface area contributed by atoms with Crippen LogP contribution in [0.5, 0.6) is 0 Å². The standard InChI is InChI=1S/C19H22O3/c1-14(2)18(20)22-19(21)17(16-11-7-4-8-12-16)13-15-9-5-3-6-10-15/h3,5-6,9-10,13,16H,1,4,7-8,11-12H2,2H3. The molecule has 0 N–H and O–H groups in total. The molecule has 3 heteroatoms. The minimum absolute atomic E-state index is 0.166. The number of hydrogen-bond acceptors (Lipinski definition) is 3. The molecular weight excluding hydrogens is 276 g/mol. The van der Waals surface area contributed by atoms with E-state index in [9.17, 15) is 9.59 Å². The molecule has 1 aromatic carbocycles. The van der Waals surface area contributed by atoms with Gasteiger partial charge in [-0.15, -0.1) is 0 Å². The first kappa shape index (κ1) is 16.2. The Morgan fingerprint density at radius 1 is 1.09 bits per heavy atom. The fourth-order valence-corrected chi connectivity index (χ4v) is 2.72. The van der Waals surface area contributed by atoms with Gasteiger partial charge in [-0.05, 0) is 37.3 Å². The third-order valence-electron chi connectivity index (χ3n) is 3.94. The van der Waals surface area contributed by atoms with Crippen molar-refractivity contribution in [3.05, 3.63) is 53.6 Å². The Balaban J connectivity index is 2.24. The third kappa shape index (κ3) is 4.42. The maximum Gasteiger partial charge on any atom is 0.342 e. The molecule has 0 aromatic heterocycles. The smallest absolute Gasteiger partial charge is 0.342 e. The Kier molecular flexibility index (Phi) is 5.70. The van der Waals surface area contributed by atoms with E-state index < -0.39 is 11.9 Å². The minimum Gasteiger partial charge on any atom is -0.386 e. The van der Waals surface area contributed by atoms with Crippen LogP contribution in [0.4, 0.5) is 0 Å². The van der Waals surface area contributed by atoms with E-state index in [1.165, 1.54) is 13.3 Å². The van der Waals surface area contributed by atoms with Gasteiger partial charge in [0, 0.05) is 11.1 Å². The van der Waals surface area contributed by atoms with Crippen LogP contribution in [0.3, 0.4) is 0 Å². The number of benzene rings is 1. The maximum atomic E-state index is 12.4. The van der Waals surface area contributed by atoms with Gasteiger partial charge in [0.15, 0.2) is 0 Å². The van der Waals surface area contributed by atoms with Crippen molar-refractivity contribution in [1.82, 2.24) is 0 Å². The van der Waals surface area contributed by atoms with Crippen molar-refractivity contribution in [2.24, 2.45) is 5.92 Å². The highest BCUT2D eigenvalue weighted by Gasteiger charge is 2.26. The van der Waals surface area contributed by atoms with Gasteiger partial charge < -0.3 is 4.74 Å². The lowest BCUT2D eigenvalue weighted by Gasteiger charge is -2.23. The van der Waals surface area contributed by atoms with E-state index in [-0.39, 0.29) is 11.5 Å². The van der Waals surface area contributed by atoms with Gasteiger partial charge >= 0.3 is 11.9 Å². The van der Waals surface area contributed by atoms with Gasteiger partial charge in [-0.1, -0.05) is 56.2 Å². The van der Waals surface area contributed by atoms with Gasteiger partial charge in [-0.25, -0.2) is 9.59 Å². The summed E-state index contributed by atoms with van der Waals surface area (Å²) in [5.74, 6) is -1.03. The molecule has 0 amide bonds. The molecule has 3 nitrogen and oxygen atoms in total. The molecule has 0 bridgehead atoms. The molecule has 0 unspecified atom stereocenters. The molecule has 0 heterocycles. The zero-order valence-corrected chi connectivity index (χ0v) is 13.0. The van der Waals surface area contributed by atoms with E-state index >= 15 is 0 Å². The van der Waals surface area contributed by atoms with E-state index in [1.54, 1.807) is 0 Å². The highest BCUT2D eigenvalue weighted by Crippen LogP contribution is 2.31. The maximum absolute atomic E-state index is 12.4. The van der Waals surface area contributed by atoms with Crippen LogP contribution in [-0.2, 0) is 14.3 Å². The summed E-state index contributed by atoms with van der Waals surface area (Å²) < 4.78 is 4.95. The molecule has 0 saturated heterocycles. The van der Waals surface area contributed by atoms with Crippen molar-refractivity contribution in [3.8, 4) is 0 Å². The number of carbonyl (C=O) groups excluding carboxylic acids is 2. The first-order valence-corrected chi connectivity index (χ1v) is 7.76. The van der Waals surface area contributed by atoms with Gasteiger partial charge in [-0.2, -0.15) is 0 Å². The Morgan fingerprint density at radius 2 is 1.73 bits per heavy atom. The van der Waals surface area contributed by atoms with Gasteiger partial charge in [-0.3, -0.25) is 0 Å². The van der Waals surface area contributed by atoms with Gasteiger partial charge in [0.2, 0.25) is 0 Å². The molecule has 0 spiro atoms. The number of hydrogen-bond donors (Lipinski definition) is 0.